The van der Waals surface area contributed by atoms with Crippen LogP contribution in [0.1, 0.15) is 5.56 Å². The average Bonchev–Trinajstić information content (AvgIpc) is 3.22. The molecule has 0 saturated heterocycles. The number of rotatable bonds is 2. The molecular formula is C31H22N2Si. The smallest absolute Gasteiger partial charge is 0.181 e. The minimum atomic E-state index is -2.60. The molecule has 2 nitrogen and oxygen atoms in total. The zero-order valence-electron chi connectivity index (χ0n) is 18.9. The first-order valence-corrected chi connectivity index (χ1v) is 13.7. The monoisotopic (exact) mass is 450 g/mol. The molecule has 3 heterocycles. The predicted molar refractivity (Wildman–Crippen MR) is 144 cm³/mol. The molecule has 1 aliphatic rings. The number of aryl methyl sites for hydroxylation is 1. The lowest BCUT2D eigenvalue weighted by Crippen LogP contribution is -2.73. The highest BCUT2D eigenvalue weighted by Crippen LogP contribution is 2.39. The lowest BCUT2D eigenvalue weighted by atomic mass is 9.92. The van der Waals surface area contributed by atoms with Crippen molar-refractivity contribution in [1.82, 2.24) is 9.97 Å². The molecular weight excluding hydrogens is 428 g/mol. The van der Waals surface area contributed by atoms with Crippen LogP contribution in [0.5, 0.6) is 0 Å². The molecule has 0 unspecified atom stereocenters. The molecule has 0 fully saturated rings. The van der Waals surface area contributed by atoms with Gasteiger partial charge < -0.3 is 0 Å². The van der Waals surface area contributed by atoms with Crippen molar-refractivity contribution in [2.45, 2.75) is 6.92 Å². The van der Waals surface area contributed by atoms with Gasteiger partial charge in [-0.25, -0.2) is 0 Å². The van der Waals surface area contributed by atoms with Gasteiger partial charge in [-0.05, 0) is 84.6 Å². The van der Waals surface area contributed by atoms with Gasteiger partial charge in [0.1, 0.15) is 0 Å². The van der Waals surface area contributed by atoms with Crippen LogP contribution < -0.4 is 20.7 Å². The van der Waals surface area contributed by atoms with Crippen LogP contribution in [0.4, 0.5) is 0 Å². The molecule has 2 aromatic heterocycles. The van der Waals surface area contributed by atoms with Gasteiger partial charge in [0.25, 0.3) is 0 Å². The number of hydrogen-bond acceptors (Lipinski definition) is 2. The SMILES string of the molecule is Cc1ccc2c3c(c4ccccc4c2c1)-c1ccccc1[Si]3(c1ccncc1)c1ccncc1. The van der Waals surface area contributed by atoms with Crippen molar-refractivity contribution in [3.8, 4) is 11.1 Å². The predicted octanol–water partition coefficient (Wildman–Crippen LogP) is 4.45. The number of aromatic nitrogens is 2. The van der Waals surface area contributed by atoms with Gasteiger partial charge in [0.15, 0.2) is 8.07 Å². The Morgan fingerprint density at radius 2 is 1.18 bits per heavy atom. The summed E-state index contributed by atoms with van der Waals surface area (Å²) in [7, 11) is -2.60. The molecule has 0 radical (unpaired) electrons. The normalized spacial score (nSPS) is 13.7. The molecule has 6 aromatic rings. The summed E-state index contributed by atoms with van der Waals surface area (Å²) >= 11 is 0. The van der Waals surface area contributed by atoms with E-state index >= 15 is 0 Å². The van der Waals surface area contributed by atoms with Crippen molar-refractivity contribution in [1.29, 1.82) is 0 Å². The largest absolute Gasteiger partial charge is 0.265 e. The topological polar surface area (TPSA) is 25.8 Å². The zero-order chi connectivity index (χ0) is 22.7. The second kappa shape index (κ2) is 7.21. The van der Waals surface area contributed by atoms with Crippen LogP contribution in [-0.4, -0.2) is 18.0 Å². The van der Waals surface area contributed by atoms with Crippen LogP contribution in [0.25, 0.3) is 32.7 Å². The molecule has 34 heavy (non-hydrogen) atoms. The van der Waals surface area contributed by atoms with Gasteiger partial charge in [0, 0.05) is 24.8 Å². The quantitative estimate of drug-likeness (QED) is 0.287. The first kappa shape index (κ1) is 19.4. The van der Waals surface area contributed by atoms with Gasteiger partial charge in [0.05, 0.1) is 0 Å². The Hall–Kier alpha value is -4.08. The maximum Gasteiger partial charge on any atom is 0.181 e. The van der Waals surface area contributed by atoms with E-state index in [2.05, 4.69) is 108 Å². The molecule has 0 atom stereocenters. The third-order valence-corrected chi connectivity index (χ3v) is 12.3. The van der Waals surface area contributed by atoms with Crippen molar-refractivity contribution in [3.05, 3.63) is 121 Å². The Kier molecular flexibility index (Phi) is 4.11. The molecule has 0 saturated carbocycles. The summed E-state index contributed by atoms with van der Waals surface area (Å²) in [5, 5.41) is 11.0. The van der Waals surface area contributed by atoms with Crippen molar-refractivity contribution < 1.29 is 0 Å². The summed E-state index contributed by atoms with van der Waals surface area (Å²) in [5.41, 5.74) is 4.03. The molecule has 1 aliphatic heterocycles. The highest BCUT2D eigenvalue weighted by molar-refractivity contribution is 7.23. The minimum absolute atomic E-state index is 1.29. The molecule has 4 aromatic carbocycles. The molecule has 0 spiro atoms. The molecule has 0 bridgehead atoms. The Balaban J connectivity index is 1.81. The Morgan fingerprint density at radius 3 is 1.88 bits per heavy atom. The van der Waals surface area contributed by atoms with E-state index in [4.69, 9.17) is 0 Å². The molecule has 0 amide bonds. The molecule has 0 aliphatic carbocycles. The van der Waals surface area contributed by atoms with E-state index in [1.807, 2.05) is 24.8 Å². The third kappa shape index (κ3) is 2.45. The lowest BCUT2D eigenvalue weighted by molar-refractivity contribution is 1.34. The van der Waals surface area contributed by atoms with Crippen LogP contribution in [-0.2, 0) is 0 Å². The Bertz CT molecular complexity index is 1670. The van der Waals surface area contributed by atoms with E-state index < -0.39 is 8.07 Å². The molecule has 0 N–H and O–H groups in total. The number of nitrogens with zero attached hydrogens (tertiary/aromatic N) is 2. The average molecular weight is 451 g/mol. The summed E-state index contributed by atoms with van der Waals surface area (Å²) in [4.78, 5) is 8.77. The van der Waals surface area contributed by atoms with Crippen LogP contribution in [0.15, 0.2) is 116 Å². The first-order chi connectivity index (χ1) is 16.8. The number of fused-ring (bicyclic) bond motifs is 8. The summed E-state index contributed by atoms with van der Waals surface area (Å²) < 4.78 is 0. The lowest BCUT2D eigenvalue weighted by Gasteiger charge is -2.32. The van der Waals surface area contributed by atoms with Crippen molar-refractivity contribution in [2.24, 2.45) is 0 Å². The van der Waals surface area contributed by atoms with Gasteiger partial charge in [-0.3, -0.25) is 9.97 Å². The Labute approximate surface area is 199 Å². The van der Waals surface area contributed by atoms with Crippen LogP contribution in [0.2, 0.25) is 0 Å². The van der Waals surface area contributed by atoms with Gasteiger partial charge in [-0.1, -0.05) is 72.3 Å². The van der Waals surface area contributed by atoms with E-state index in [1.165, 1.54) is 59.0 Å². The summed E-state index contributed by atoms with van der Waals surface area (Å²) in [5.74, 6) is 0. The minimum Gasteiger partial charge on any atom is -0.265 e. The van der Waals surface area contributed by atoms with Crippen LogP contribution in [0.3, 0.4) is 0 Å². The van der Waals surface area contributed by atoms with Crippen LogP contribution >= 0.6 is 0 Å². The second-order valence-electron chi connectivity index (χ2n) is 9.11. The van der Waals surface area contributed by atoms with E-state index in [0.29, 0.717) is 0 Å². The van der Waals surface area contributed by atoms with Gasteiger partial charge >= 0.3 is 0 Å². The van der Waals surface area contributed by atoms with Crippen LogP contribution in [0, 0.1) is 6.92 Å². The molecule has 160 valence electrons. The fraction of sp³-hybridized carbons (Fsp3) is 0.0323. The second-order valence-corrected chi connectivity index (χ2v) is 12.8. The standard InChI is InChI=1S/C31H22N2Si/c1-21-10-11-26-28(20-21)24-6-2-3-7-25(24)30-27-8-4-5-9-29(27)34(31(26)30,22-12-16-32-17-13-22)23-14-18-33-19-15-23/h2-20H,1H3. The molecule has 3 heteroatoms. The number of hydrogen-bond donors (Lipinski definition) is 0. The first-order valence-electron chi connectivity index (χ1n) is 11.7. The molecule has 7 rings (SSSR count). The third-order valence-electron chi connectivity index (χ3n) is 7.38. The van der Waals surface area contributed by atoms with Crippen molar-refractivity contribution >= 4 is 50.4 Å². The van der Waals surface area contributed by atoms with Crippen molar-refractivity contribution in [3.63, 3.8) is 0 Å². The maximum atomic E-state index is 4.39. The van der Waals surface area contributed by atoms with Gasteiger partial charge in [0.2, 0.25) is 0 Å². The van der Waals surface area contributed by atoms with E-state index in [-0.39, 0.29) is 0 Å². The zero-order valence-corrected chi connectivity index (χ0v) is 19.9. The number of pyridine rings is 2. The fourth-order valence-corrected chi connectivity index (χ4v) is 11.4. The fourth-order valence-electron chi connectivity index (χ4n) is 6.11. The van der Waals surface area contributed by atoms with E-state index in [1.54, 1.807) is 0 Å². The van der Waals surface area contributed by atoms with E-state index in [9.17, 15) is 0 Å². The van der Waals surface area contributed by atoms with Crippen molar-refractivity contribution in [2.75, 3.05) is 0 Å². The van der Waals surface area contributed by atoms with Gasteiger partial charge in [-0.15, -0.1) is 0 Å². The maximum absolute atomic E-state index is 4.39. The highest BCUT2D eigenvalue weighted by atomic mass is 28.3. The summed E-state index contributed by atoms with van der Waals surface area (Å²) in [6, 6.07) is 33.9. The summed E-state index contributed by atoms with van der Waals surface area (Å²) in [6.45, 7) is 2.19. The van der Waals surface area contributed by atoms with E-state index in [0.717, 1.165) is 0 Å². The Morgan fingerprint density at radius 1 is 0.559 bits per heavy atom. The highest BCUT2D eigenvalue weighted by Gasteiger charge is 2.50. The van der Waals surface area contributed by atoms with Gasteiger partial charge in [-0.2, -0.15) is 0 Å². The summed E-state index contributed by atoms with van der Waals surface area (Å²) in [6.07, 6.45) is 7.77. The number of benzene rings is 4.